The van der Waals surface area contributed by atoms with Crippen LogP contribution < -0.4 is 4.74 Å². The van der Waals surface area contributed by atoms with Gasteiger partial charge in [-0.1, -0.05) is 0 Å². The van der Waals surface area contributed by atoms with Crippen molar-refractivity contribution in [2.75, 3.05) is 0 Å². The van der Waals surface area contributed by atoms with Gasteiger partial charge in [-0.15, -0.1) is 13.2 Å². The first-order chi connectivity index (χ1) is 8.06. The second kappa shape index (κ2) is 4.90. The Kier molecular flexibility index (Phi) is 4.08. The molecule has 0 saturated carbocycles. The minimum atomic E-state index is -5.21. The van der Waals surface area contributed by atoms with E-state index in [0.717, 1.165) is 0 Å². The van der Waals surface area contributed by atoms with Gasteiger partial charge in [0.25, 0.3) is 0 Å². The molecule has 0 aliphatic heterocycles. The quantitative estimate of drug-likeness (QED) is 0.445. The first-order valence-electron chi connectivity index (χ1n) is 4.03. The second-order valence-corrected chi connectivity index (χ2v) is 4.02. The molecule has 0 aromatic carbocycles. The third kappa shape index (κ3) is 3.46. The largest absolute Gasteiger partial charge is 0.573 e. The number of aromatic nitrogens is 1. The smallest absolute Gasteiger partial charge is 0.404 e. The number of ether oxygens (including phenoxy) is 1. The highest BCUT2D eigenvalue weighted by molar-refractivity contribution is 14.1. The number of aldehydes is 1. The number of halogens is 7. The standard InChI is InChI=1S/C8H2F6INO2/c9-7(10,11)6-3(2-17)5(4(15)1-16-6)18-8(12,13)14/h1-2H. The summed E-state index contributed by atoms with van der Waals surface area (Å²) in [5, 5.41) is 0. The van der Waals surface area contributed by atoms with Crippen molar-refractivity contribution in [3.8, 4) is 5.75 Å². The lowest BCUT2D eigenvalue weighted by Gasteiger charge is -2.15. The molecule has 0 amide bonds. The van der Waals surface area contributed by atoms with Crippen LogP contribution in [-0.2, 0) is 6.18 Å². The summed E-state index contributed by atoms with van der Waals surface area (Å²) in [7, 11) is 0. The SMILES string of the molecule is O=Cc1c(C(F)(F)F)ncc(I)c1OC(F)(F)F. The maximum Gasteiger partial charge on any atom is 0.573 e. The molecule has 1 heterocycles. The summed E-state index contributed by atoms with van der Waals surface area (Å²) in [5.41, 5.74) is -3.01. The molecule has 0 radical (unpaired) electrons. The van der Waals surface area contributed by atoms with Crippen LogP contribution in [0.3, 0.4) is 0 Å². The predicted molar refractivity (Wildman–Crippen MR) is 54.0 cm³/mol. The number of carbonyl (C=O) groups is 1. The molecule has 0 aliphatic carbocycles. The van der Waals surface area contributed by atoms with E-state index in [2.05, 4.69) is 9.72 Å². The summed E-state index contributed by atoms with van der Waals surface area (Å²) in [5.74, 6) is -1.21. The summed E-state index contributed by atoms with van der Waals surface area (Å²) in [6.45, 7) is 0. The van der Waals surface area contributed by atoms with E-state index in [9.17, 15) is 31.1 Å². The zero-order valence-corrected chi connectivity index (χ0v) is 10.2. The van der Waals surface area contributed by atoms with Gasteiger partial charge in [-0.3, -0.25) is 4.79 Å². The van der Waals surface area contributed by atoms with Crippen LogP contribution in [0.1, 0.15) is 16.1 Å². The van der Waals surface area contributed by atoms with Crippen LogP contribution in [0.4, 0.5) is 26.3 Å². The van der Waals surface area contributed by atoms with Gasteiger partial charge in [0.1, 0.15) is 0 Å². The maximum atomic E-state index is 12.4. The first kappa shape index (κ1) is 15.0. The number of carbonyl (C=O) groups excluding carboxylic acids is 1. The fraction of sp³-hybridized carbons (Fsp3) is 0.250. The molecule has 0 atom stereocenters. The zero-order chi connectivity index (χ0) is 14.1. The lowest BCUT2D eigenvalue weighted by Crippen LogP contribution is -2.21. The molecule has 1 aromatic heterocycles. The molecule has 0 spiro atoms. The molecule has 100 valence electrons. The number of hydrogen-bond donors (Lipinski definition) is 0. The topological polar surface area (TPSA) is 39.2 Å². The van der Waals surface area contributed by atoms with Gasteiger partial charge < -0.3 is 4.74 Å². The highest BCUT2D eigenvalue weighted by atomic mass is 127. The van der Waals surface area contributed by atoms with E-state index in [-0.39, 0.29) is 9.86 Å². The van der Waals surface area contributed by atoms with E-state index in [1.807, 2.05) is 0 Å². The molecule has 1 aromatic rings. The van der Waals surface area contributed by atoms with Crippen LogP contribution in [0.15, 0.2) is 6.20 Å². The Morgan fingerprint density at radius 1 is 1.22 bits per heavy atom. The summed E-state index contributed by atoms with van der Waals surface area (Å²) in [6, 6.07) is 0. The maximum absolute atomic E-state index is 12.4. The van der Waals surface area contributed by atoms with E-state index in [1.54, 1.807) is 0 Å². The van der Waals surface area contributed by atoms with Gasteiger partial charge in [0.2, 0.25) is 0 Å². The summed E-state index contributed by atoms with van der Waals surface area (Å²) in [4.78, 5) is 13.4. The summed E-state index contributed by atoms with van der Waals surface area (Å²) in [6.07, 6.45) is -10.1. The number of rotatable bonds is 2. The number of pyridine rings is 1. The van der Waals surface area contributed by atoms with Crippen molar-refractivity contribution in [3.05, 3.63) is 21.0 Å². The minimum absolute atomic E-state index is 0.361. The van der Waals surface area contributed by atoms with E-state index in [4.69, 9.17) is 0 Å². The van der Waals surface area contributed by atoms with Gasteiger partial charge in [-0.25, -0.2) is 4.98 Å². The van der Waals surface area contributed by atoms with Crippen molar-refractivity contribution in [3.63, 3.8) is 0 Å². The first-order valence-corrected chi connectivity index (χ1v) is 5.10. The summed E-state index contributed by atoms with van der Waals surface area (Å²) < 4.78 is 76.4. The van der Waals surface area contributed by atoms with E-state index in [0.29, 0.717) is 6.20 Å². The predicted octanol–water partition coefficient (Wildman–Crippen LogP) is 3.42. The third-order valence-corrected chi connectivity index (χ3v) is 2.40. The van der Waals surface area contributed by atoms with Crippen molar-refractivity contribution in [2.24, 2.45) is 0 Å². The Bertz CT molecular complexity index is 470. The van der Waals surface area contributed by atoms with Gasteiger partial charge >= 0.3 is 12.5 Å². The molecule has 0 N–H and O–H groups in total. The Balaban J connectivity index is 3.45. The molecule has 0 aliphatic rings. The molecular weight excluding hydrogens is 383 g/mol. The fourth-order valence-corrected chi connectivity index (χ4v) is 1.58. The molecule has 0 fully saturated rings. The average Bonchev–Trinajstić information content (AvgIpc) is 2.17. The van der Waals surface area contributed by atoms with Crippen molar-refractivity contribution in [1.29, 1.82) is 0 Å². The monoisotopic (exact) mass is 385 g/mol. The van der Waals surface area contributed by atoms with Crippen LogP contribution in [0.5, 0.6) is 5.75 Å². The normalized spacial score (nSPS) is 12.4. The van der Waals surface area contributed by atoms with Crippen LogP contribution in [0, 0.1) is 3.57 Å². The third-order valence-electron chi connectivity index (χ3n) is 1.63. The average molecular weight is 385 g/mol. The van der Waals surface area contributed by atoms with E-state index < -0.39 is 29.5 Å². The van der Waals surface area contributed by atoms with E-state index in [1.165, 1.54) is 22.6 Å². The highest BCUT2D eigenvalue weighted by Gasteiger charge is 2.40. The molecule has 0 saturated heterocycles. The lowest BCUT2D eigenvalue weighted by atomic mass is 10.2. The van der Waals surface area contributed by atoms with E-state index >= 15 is 0 Å². The molecule has 0 unspecified atom stereocenters. The van der Waals surface area contributed by atoms with Gasteiger partial charge in [0.15, 0.2) is 17.7 Å². The van der Waals surface area contributed by atoms with Gasteiger partial charge in [-0.05, 0) is 22.6 Å². The Labute approximate surface area is 109 Å². The molecule has 3 nitrogen and oxygen atoms in total. The number of alkyl halides is 6. The van der Waals surface area contributed by atoms with Gasteiger partial charge in [-0.2, -0.15) is 13.2 Å². The zero-order valence-electron chi connectivity index (χ0n) is 8.06. The molecular formula is C8H2F6INO2. The number of hydrogen-bond acceptors (Lipinski definition) is 3. The van der Waals surface area contributed by atoms with Crippen molar-refractivity contribution < 1.29 is 35.9 Å². The molecule has 10 heteroatoms. The highest BCUT2D eigenvalue weighted by Crippen LogP contribution is 2.37. The molecule has 18 heavy (non-hydrogen) atoms. The molecule has 0 bridgehead atoms. The van der Waals surface area contributed by atoms with Crippen molar-refractivity contribution >= 4 is 28.9 Å². The van der Waals surface area contributed by atoms with Gasteiger partial charge in [0, 0.05) is 6.20 Å². The van der Waals surface area contributed by atoms with Crippen LogP contribution >= 0.6 is 22.6 Å². The van der Waals surface area contributed by atoms with Crippen molar-refractivity contribution in [1.82, 2.24) is 4.98 Å². The van der Waals surface area contributed by atoms with Crippen molar-refractivity contribution in [2.45, 2.75) is 12.5 Å². The molecule has 1 rings (SSSR count). The van der Waals surface area contributed by atoms with Gasteiger partial charge in [0.05, 0.1) is 9.13 Å². The van der Waals surface area contributed by atoms with Crippen LogP contribution in [-0.4, -0.2) is 17.6 Å². The Morgan fingerprint density at radius 2 is 1.78 bits per heavy atom. The van der Waals surface area contributed by atoms with Crippen LogP contribution in [0.25, 0.3) is 0 Å². The fourth-order valence-electron chi connectivity index (χ4n) is 1.04. The Hall–Kier alpha value is -1.07. The minimum Gasteiger partial charge on any atom is -0.404 e. The van der Waals surface area contributed by atoms with Crippen LogP contribution in [0.2, 0.25) is 0 Å². The summed E-state index contributed by atoms with van der Waals surface area (Å²) >= 11 is 1.28. The second-order valence-electron chi connectivity index (χ2n) is 2.86. The Morgan fingerprint density at radius 3 is 2.17 bits per heavy atom. The number of nitrogens with zero attached hydrogens (tertiary/aromatic N) is 1. The lowest BCUT2D eigenvalue weighted by molar-refractivity contribution is -0.275.